The van der Waals surface area contributed by atoms with Gasteiger partial charge >= 0.3 is 0 Å². The van der Waals surface area contributed by atoms with Crippen molar-refractivity contribution >= 4 is 0 Å². The number of hydrogen-bond acceptors (Lipinski definition) is 2. The summed E-state index contributed by atoms with van der Waals surface area (Å²) in [5, 5.41) is 3.32. The molecule has 1 aliphatic heterocycles. The van der Waals surface area contributed by atoms with Crippen LogP contribution in [0.1, 0.15) is 29.9 Å². The van der Waals surface area contributed by atoms with E-state index in [0.29, 0.717) is 0 Å². The van der Waals surface area contributed by atoms with E-state index in [9.17, 15) is 0 Å². The molecule has 0 unspecified atom stereocenters. The Morgan fingerprint density at radius 1 is 1.19 bits per heavy atom. The lowest BCUT2D eigenvalue weighted by molar-refractivity contribution is 0.173. The second-order valence-corrected chi connectivity index (χ2v) is 5.24. The maximum absolute atomic E-state index is 3.32. The minimum atomic E-state index is 0.739. The fraction of sp³-hybridized carbons (Fsp3) is 0.571. The van der Waals surface area contributed by atoms with Gasteiger partial charge in [-0.25, -0.2) is 0 Å². The average molecular weight is 216 g/mol. The van der Waals surface area contributed by atoms with Crippen molar-refractivity contribution in [3.8, 4) is 0 Å². The highest BCUT2D eigenvalue weighted by Crippen LogP contribution is 2.39. The first kappa shape index (κ1) is 10.3. The second-order valence-electron chi connectivity index (χ2n) is 5.24. The molecule has 86 valence electrons. The summed E-state index contributed by atoms with van der Waals surface area (Å²) in [7, 11) is 2.22. The minimum Gasteiger partial charge on any atom is -0.314 e. The fourth-order valence-electron chi connectivity index (χ4n) is 2.31. The van der Waals surface area contributed by atoms with E-state index in [-0.39, 0.29) is 0 Å². The van der Waals surface area contributed by atoms with Crippen LogP contribution < -0.4 is 5.32 Å². The molecule has 2 nitrogen and oxygen atoms in total. The van der Waals surface area contributed by atoms with Crippen molar-refractivity contribution in [3.63, 3.8) is 0 Å². The van der Waals surface area contributed by atoms with E-state index in [1.807, 2.05) is 0 Å². The normalized spacial score (nSPS) is 21.1. The van der Waals surface area contributed by atoms with E-state index < -0.39 is 0 Å². The van der Waals surface area contributed by atoms with Gasteiger partial charge in [0, 0.05) is 25.7 Å². The smallest absolute Gasteiger partial charge is 0.0345 e. The van der Waals surface area contributed by atoms with Crippen LogP contribution in [0.5, 0.6) is 0 Å². The third-order valence-corrected chi connectivity index (χ3v) is 3.84. The van der Waals surface area contributed by atoms with Crippen LogP contribution in [0.4, 0.5) is 0 Å². The number of likely N-dealkylation sites (N-methyl/N-ethyl adjacent to an activating group) is 1. The summed E-state index contributed by atoms with van der Waals surface area (Å²) in [5.41, 5.74) is 2.98. The molecule has 1 aromatic carbocycles. The molecule has 2 aliphatic rings. The Morgan fingerprint density at radius 2 is 1.88 bits per heavy atom. The average Bonchev–Trinajstić information content (AvgIpc) is 2.99. The zero-order valence-corrected chi connectivity index (χ0v) is 9.95. The predicted octanol–water partition coefficient (Wildman–Crippen LogP) is 1.97. The van der Waals surface area contributed by atoms with Crippen LogP contribution in [0.3, 0.4) is 0 Å². The number of benzene rings is 1. The van der Waals surface area contributed by atoms with E-state index in [1.54, 1.807) is 0 Å². The molecule has 1 saturated heterocycles. The van der Waals surface area contributed by atoms with E-state index in [0.717, 1.165) is 31.6 Å². The molecule has 1 N–H and O–H groups in total. The molecule has 0 spiro atoms. The molecule has 1 heterocycles. The van der Waals surface area contributed by atoms with Crippen LogP contribution in [0.2, 0.25) is 0 Å². The standard InChI is InChI=1S/C14H20N2/c1-16(14-8-15-9-14)10-11-2-4-12(5-3-11)13-6-7-13/h2-5,13-15H,6-10H2,1H3. The maximum Gasteiger partial charge on any atom is 0.0345 e. The second kappa shape index (κ2) is 4.19. The molecular formula is C14H20N2. The first-order valence-corrected chi connectivity index (χ1v) is 6.33. The third-order valence-electron chi connectivity index (χ3n) is 3.84. The summed E-state index contributed by atoms with van der Waals surface area (Å²) in [6.45, 7) is 3.38. The molecule has 1 aliphatic carbocycles. The number of nitrogens with zero attached hydrogens (tertiary/aromatic N) is 1. The number of hydrogen-bond donors (Lipinski definition) is 1. The fourth-order valence-corrected chi connectivity index (χ4v) is 2.31. The Hall–Kier alpha value is -0.860. The molecule has 1 saturated carbocycles. The Morgan fingerprint density at radius 3 is 2.38 bits per heavy atom. The SMILES string of the molecule is CN(Cc1ccc(C2CC2)cc1)C1CNC1. The minimum absolute atomic E-state index is 0.739. The summed E-state index contributed by atoms with van der Waals surface area (Å²) in [5.74, 6) is 0.877. The van der Waals surface area contributed by atoms with Crippen molar-refractivity contribution in [2.75, 3.05) is 20.1 Å². The van der Waals surface area contributed by atoms with Crippen molar-refractivity contribution in [3.05, 3.63) is 35.4 Å². The largest absolute Gasteiger partial charge is 0.314 e. The Bertz CT molecular complexity index is 350. The predicted molar refractivity (Wildman–Crippen MR) is 66.5 cm³/mol. The van der Waals surface area contributed by atoms with Gasteiger partial charge in [-0.3, -0.25) is 4.90 Å². The van der Waals surface area contributed by atoms with Crippen molar-refractivity contribution in [2.24, 2.45) is 0 Å². The lowest BCUT2D eigenvalue weighted by Gasteiger charge is -2.35. The molecule has 0 atom stereocenters. The van der Waals surface area contributed by atoms with Gasteiger partial charge in [0.2, 0.25) is 0 Å². The van der Waals surface area contributed by atoms with Gasteiger partial charge in [0.05, 0.1) is 0 Å². The molecule has 0 aromatic heterocycles. The van der Waals surface area contributed by atoms with E-state index >= 15 is 0 Å². The van der Waals surface area contributed by atoms with E-state index in [2.05, 4.69) is 41.5 Å². The Labute approximate surface area is 97.6 Å². The molecule has 0 amide bonds. The van der Waals surface area contributed by atoms with E-state index in [1.165, 1.54) is 24.0 Å². The molecule has 16 heavy (non-hydrogen) atoms. The maximum atomic E-state index is 3.32. The monoisotopic (exact) mass is 216 g/mol. The lowest BCUT2D eigenvalue weighted by Crippen LogP contribution is -2.55. The summed E-state index contributed by atoms with van der Waals surface area (Å²) in [6, 6.07) is 9.98. The highest BCUT2D eigenvalue weighted by atomic mass is 15.2. The summed E-state index contributed by atoms with van der Waals surface area (Å²) in [4.78, 5) is 2.45. The van der Waals surface area contributed by atoms with Crippen LogP contribution in [0.15, 0.2) is 24.3 Å². The van der Waals surface area contributed by atoms with Gasteiger partial charge in [0.15, 0.2) is 0 Å². The van der Waals surface area contributed by atoms with Crippen molar-refractivity contribution in [1.29, 1.82) is 0 Å². The zero-order valence-electron chi connectivity index (χ0n) is 9.95. The van der Waals surface area contributed by atoms with Gasteiger partial charge in [-0.1, -0.05) is 24.3 Å². The molecule has 0 radical (unpaired) electrons. The van der Waals surface area contributed by atoms with Crippen molar-refractivity contribution in [1.82, 2.24) is 10.2 Å². The molecule has 0 bridgehead atoms. The summed E-state index contributed by atoms with van der Waals surface area (Å²) < 4.78 is 0. The first-order valence-electron chi connectivity index (χ1n) is 6.33. The van der Waals surface area contributed by atoms with Gasteiger partial charge in [0.1, 0.15) is 0 Å². The van der Waals surface area contributed by atoms with Gasteiger partial charge in [-0.15, -0.1) is 0 Å². The van der Waals surface area contributed by atoms with Gasteiger partial charge < -0.3 is 5.32 Å². The summed E-state index contributed by atoms with van der Waals surface area (Å²) in [6.07, 6.45) is 2.79. The highest BCUT2D eigenvalue weighted by Gasteiger charge is 2.23. The molecule has 3 rings (SSSR count). The topological polar surface area (TPSA) is 15.3 Å². The number of nitrogens with one attached hydrogen (secondary N) is 1. The van der Waals surface area contributed by atoms with Gasteiger partial charge in [0.25, 0.3) is 0 Å². The highest BCUT2D eigenvalue weighted by molar-refractivity contribution is 5.28. The zero-order chi connectivity index (χ0) is 11.0. The van der Waals surface area contributed by atoms with Crippen LogP contribution in [0.25, 0.3) is 0 Å². The Balaban J connectivity index is 1.60. The quantitative estimate of drug-likeness (QED) is 0.828. The van der Waals surface area contributed by atoms with Crippen molar-refractivity contribution < 1.29 is 0 Å². The van der Waals surface area contributed by atoms with Crippen LogP contribution in [0, 0.1) is 0 Å². The van der Waals surface area contributed by atoms with Crippen LogP contribution >= 0.6 is 0 Å². The lowest BCUT2D eigenvalue weighted by atomic mass is 10.1. The molecule has 2 heteroatoms. The summed E-state index contributed by atoms with van der Waals surface area (Å²) >= 11 is 0. The van der Waals surface area contributed by atoms with Crippen LogP contribution in [-0.2, 0) is 6.54 Å². The molecule has 2 fully saturated rings. The first-order chi connectivity index (χ1) is 7.83. The molecular weight excluding hydrogens is 196 g/mol. The van der Waals surface area contributed by atoms with Crippen molar-refractivity contribution in [2.45, 2.75) is 31.3 Å². The van der Waals surface area contributed by atoms with Gasteiger partial charge in [-0.05, 0) is 36.9 Å². The van der Waals surface area contributed by atoms with E-state index in [4.69, 9.17) is 0 Å². The Kier molecular flexibility index (Phi) is 2.70. The third kappa shape index (κ3) is 2.13. The molecule has 1 aromatic rings. The van der Waals surface area contributed by atoms with Gasteiger partial charge in [-0.2, -0.15) is 0 Å². The number of rotatable bonds is 4. The van der Waals surface area contributed by atoms with Crippen LogP contribution in [-0.4, -0.2) is 31.1 Å².